The number of carbonyl (C=O) groups is 2. The minimum absolute atomic E-state index is 0.153. The number of nitrogens with zero attached hydrogens (tertiary/aromatic N) is 3. The number of aromatic nitrogens is 1. The Morgan fingerprint density at radius 2 is 1.81 bits per heavy atom. The van der Waals surface area contributed by atoms with Gasteiger partial charge in [-0.05, 0) is 54.1 Å². The van der Waals surface area contributed by atoms with E-state index >= 15 is 0 Å². The molecule has 1 atom stereocenters. The summed E-state index contributed by atoms with van der Waals surface area (Å²) >= 11 is 0. The van der Waals surface area contributed by atoms with Crippen molar-refractivity contribution in [3.8, 4) is 5.75 Å². The van der Waals surface area contributed by atoms with Crippen LogP contribution >= 0.6 is 0 Å². The Morgan fingerprint density at radius 3 is 2.52 bits per heavy atom. The molecule has 2 aromatic carbocycles. The number of rotatable bonds is 3. The third-order valence-corrected chi connectivity index (χ3v) is 6.11. The summed E-state index contributed by atoms with van der Waals surface area (Å²) in [5.41, 5.74) is 1.36. The zero-order valence-electron chi connectivity index (χ0n) is 16.9. The highest BCUT2D eigenvalue weighted by atomic mass is 19.1. The van der Waals surface area contributed by atoms with Gasteiger partial charge in [0.2, 0.25) is 0 Å². The van der Waals surface area contributed by atoms with Crippen LogP contribution < -0.4 is 4.74 Å². The fraction of sp³-hybridized carbons (Fsp3) is 0.208. The van der Waals surface area contributed by atoms with E-state index in [1.807, 2.05) is 24.3 Å². The molecule has 0 saturated carbocycles. The quantitative estimate of drug-likeness (QED) is 0.657. The van der Waals surface area contributed by atoms with Crippen molar-refractivity contribution in [3.63, 3.8) is 0 Å². The summed E-state index contributed by atoms with van der Waals surface area (Å²) in [6, 6.07) is 16.4. The van der Waals surface area contributed by atoms with Crippen molar-refractivity contribution in [2.45, 2.75) is 12.1 Å². The molecule has 7 heteroatoms. The third-order valence-electron chi connectivity index (χ3n) is 6.11. The SMILES string of the molecule is COc1ccc([C@@]23Cc4ncccc4C(=O)N2CCN3C(=O)c2ccc(F)cc2)cc1. The van der Waals surface area contributed by atoms with E-state index in [0.29, 0.717) is 42.1 Å². The standard InChI is InChI=1S/C24H20FN3O3/c1-31-19-10-6-17(7-11-19)24-15-21-20(3-2-12-26-21)23(30)28(24)14-13-27(24)22(29)16-4-8-18(25)9-5-16/h2-12H,13-15H2,1H3/t24-/m1/s1. The van der Waals surface area contributed by atoms with E-state index in [2.05, 4.69) is 4.98 Å². The summed E-state index contributed by atoms with van der Waals surface area (Å²) in [5, 5.41) is 0. The number of halogens is 1. The van der Waals surface area contributed by atoms with Gasteiger partial charge in [0.05, 0.1) is 18.4 Å². The van der Waals surface area contributed by atoms with E-state index in [0.717, 1.165) is 5.56 Å². The van der Waals surface area contributed by atoms with Crippen molar-refractivity contribution in [1.29, 1.82) is 0 Å². The van der Waals surface area contributed by atoms with Crippen molar-refractivity contribution in [2.24, 2.45) is 0 Å². The van der Waals surface area contributed by atoms with E-state index in [1.54, 1.807) is 35.2 Å². The maximum Gasteiger partial charge on any atom is 0.257 e. The van der Waals surface area contributed by atoms with Crippen molar-refractivity contribution < 1.29 is 18.7 Å². The summed E-state index contributed by atoms with van der Waals surface area (Å²) in [6.45, 7) is 0.758. The topological polar surface area (TPSA) is 62.7 Å². The Bertz CT molecular complexity index is 1160. The van der Waals surface area contributed by atoms with Crippen LogP contribution in [0.2, 0.25) is 0 Å². The van der Waals surface area contributed by atoms with Gasteiger partial charge in [0, 0.05) is 31.3 Å². The molecule has 31 heavy (non-hydrogen) atoms. The summed E-state index contributed by atoms with van der Waals surface area (Å²) in [7, 11) is 1.59. The molecule has 156 valence electrons. The largest absolute Gasteiger partial charge is 0.497 e. The van der Waals surface area contributed by atoms with Gasteiger partial charge in [0.15, 0.2) is 0 Å². The van der Waals surface area contributed by atoms with Crippen LogP contribution in [0.15, 0.2) is 66.9 Å². The van der Waals surface area contributed by atoms with Gasteiger partial charge in [-0.2, -0.15) is 0 Å². The smallest absolute Gasteiger partial charge is 0.257 e. The first-order chi connectivity index (χ1) is 15.0. The van der Waals surface area contributed by atoms with Crippen LogP contribution in [0, 0.1) is 5.82 Å². The maximum atomic E-state index is 13.6. The lowest BCUT2D eigenvalue weighted by Gasteiger charge is -2.47. The number of fused-ring (bicyclic) bond motifs is 2. The van der Waals surface area contributed by atoms with Crippen LogP contribution in [0.25, 0.3) is 0 Å². The molecule has 5 rings (SSSR count). The normalized spacial score (nSPS) is 19.7. The number of hydrogen-bond acceptors (Lipinski definition) is 4. The molecule has 0 unspecified atom stereocenters. The van der Waals surface area contributed by atoms with Gasteiger partial charge in [0.1, 0.15) is 17.2 Å². The number of amides is 2. The van der Waals surface area contributed by atoms with Gasteiger partial charge in [0.25, 0.3) is 11.8 Å². The molecule has 2 amide bonds. The molecule has 6 nitrogen and oxygen atoms in total. The van der Waals surface area contributed by atoms with E-state index in [4.69, 9.17) is 4.74 Å². The Balaban J connectivity index is 1.67. The zero-order chi connectivity index (χ0) is 21.6. The maximum absolute atomic E-state index is 13.6. The molecule has 0 bridgehead atoms. The van der Waals surface area contributed by atoms with Crippen LogP contribution in [0.5, 0.6) is 5.75 Å². The first-order valence-electron chi connectivity index (χ1n) is 10.0. The highest BCUT2D eigenvalue weighted by Crippen LogP contribution is 2.45. The molecule has 0 radical (unpaired) electrons. The van der Waals surface area contributed by atoms with Crippen molar-refractivity contribution >= 4 is 11.8 Å². The average molecular weight is 417 g/mol. The molecule has 0 spiro atoms. The minimum Gasteiger partial charge on any atom is -0.497 e. The fourth-order valence-corrected chi connectivity index (χ4v) is 4.62. The lowest BCUT2D eigenvalue weighted by Crippen LogP contribution is -2.58. The van der Waals surface area contributed by atoms with E-state index in [1.165, 1.54) is 24.3 Å². The van der Waals surface area contributed by atoms with Crippen LogP contribution in [0.4, 0.5) is 4.39 Å². The zero-order valence-corrected chi connectivity index (χ0v) is 16.9. The second kappa shape index (κ2) is 7.19. The first-order valence-corrected chi connectivity index (χ1v) is 10.0. The number of pyridine rings is 1. The minimum atomic E-state index is -1.02. The van der Waals surface area contributed by atoms with Crippen molar-refractivity contribution in [2.75, 3.05) is 20.2 Å². The number of methoxy groups -OCH3 is 1. The van der Waals surface area contributed by atoms with Crippen LogP contribution in [-0.4, -0.2) is 46.8 Å². The molecule has 0 N–H and O–H groups in total. The van der Waals surface area contributed by atoms with E-state index < -0.39 is 11.5 Å². The van der Waals surface area contributed by atoms with Gasteiger partial charge in [-0.1, -0.05) is 12.1 Å². The monoisotopic (exact) mass is 417 g/mol. The lowest BCUT2D eigenvalue weighted by atomic mass is 9.86. The van der Waals surface area contributed by atoms with E-state index in [-0.39, 0.29) is 11.8 Å². The Morgan fingerprint density at radius 1 is 1.06 bits per heavy atom. The highest BCUT2D eigenvalue weighted by Gasteiger charge is 2.56. The molecule has 2 aliphatic rings. The second-order valence-corrected chi connectivity index (χ2v) is 7.64. The number of hydrogen-bond donors (Lipinski definition) is 0. The van der Waals surface area contributed by atoms with Gasteiger partial charge in [-0.25, -0.2) is 4.39 Å². The van der Waals surface area contributed by atoms with Crippen LogP contribution in [0.1, 0.15) is 32.0 Å². The number of carbonyl (C=O) groups excluding carboxylic acids is 2. The van der Waals surface area contributed by atoms with Gasteiger partial charge >= 0.3 is 0 Å². The molecular formula is C24H20FN3O3. The van der Waals surface area contributed by atoms with E-state index in [9.17, 15) is 14.0 Å². The summed E-state index contributed by atoms with van der Waals surface area (Å²) < 4.78 is 18.7. The van der Waals surface area contributed by atoms with Gasteiger partial charge in [-0.3, -0.25) is 14.6 Å². The van der Waals surface area contributed by atoms with Crippen LogP contribution in [0.3, 0.4) is 0 Å². The molecule has 1 aromatic heterocycles. The molecule has 1 saturated heterocycles. The highest BCUT2D eigenvalue weighted by molar-refractivity contribution is 6.00. The third kappa shape index (κ3) is 2.88. The molecule has 3 heterocycles. The Kier molecular flexibility index (Phi) is 4.46. The van der Waals surface area contributed by atoms with Crippen LogP contribution in [-0.2, 0) is 12.1 Å². The summed E-state index contributed by atoms with van der Waals surface area (Å²) in [5.74, 6) is -0.137. The number of ether oxygens (including phenoxy) is 1. The van der Waals surface area contributed by atoms with Crippen molar-refractivity contribution in [3.05, 3.63) is 95.1 Å². The lowest BCUT2D eigenvalue weighted by molar-refractivity contribution is 0.00703. The molecule has 0 aliphatic carbocycles. The average Bonchev–Trinajstić information content (AvgIpc) is 3.20. The van der Waals surface area contributed by atoms with Gasteiger partial charge < -0.3 is 14.5 Å². The predicted octanol–water partition coefficient (Wildman–Crippen LogP) is 3.24. The molecule has 3 aromatic rings. The Labute approximate surface area is 178 Å². The Hall–Kier alpha value is -3.74. The predicted molar refractivity (Wildman–Crippen MR) is 111 cm³/mol. The molecule has 1 fully saturated rings. The van der Waals surface area contributed by atoms with Crippen molar-refractivity contribution in [1.82, 2.24) is 14.8 Å². The summed E-state index contributed by atoms with van der Waals surface area (Å²) in [6.07, 6.45) is 2.03. The first kappa shape index (κ1) is 19.2. The second-order valence-electron chi connectivity index (χ2n) is 7.64. The molecule has 2 aliphatic heterocycles. The summed E-state index contributed by atoms with van der Waals surface area (Å²) in [4.78, 5) is 34.9. The van der Waals surface area contributed by atoms with Gasteiger partial charge in [-0.15, -0.1) is 0 Å². The molecular weight excluding hydrogens is 397 g/mol. The fourth-order valence-electron chi connectivity index (χ4n) is 4.62. The number of benzene rings is 2.